The molecule has 1 amide bonds. The molecule has 1 unspecified atom stereocenters. The van der Waals surface area contributed by atoms with E-state index in [0.29, 0.717) is 18.0 Å². The van der Waals surface area contributed by atoms with Gasteiger partial charge in [-0.1, -0.05) is 24.3 Å². The lowest BCUT2D eigenvalue weighted by molar-refractivity contribution is 0.0907. The largest absolute Gasteiger partial charge is 0.383 e. The summed E-state index contributed by atoms with van der Waals surface area (Å²) in [4.78, 5) is 16.5. The summed E-state index contributed by atoms with van der Waals surface area (Å²) in [5.74, 6) is 5.80. The molecule has 0 bridgehead atoms. The summed E-state index contributed by atoms with van der Waals surface area (Å²) >= 11 is 0. The molecule has 2 aromatic rings. The lowest BCUT2D eigenvalue weighted by Gasteiger charge is -2.14. The van der Waals surface area contributed by atoms with Crippen LogP contribution in [-0.4, -0.2) is 30.6 Å². The Morgan fingerprint density at radius 1 is 1.40 bits per heavy atom. The molecule has 0 saturated heterocycles. The van der Waals surface area contributed by atoms with Gasteiger partial charge in [0.25, 0.3) is 5.91 Å². The molecular formula is C14H18N4O2. The number of methoxy groups -OCH3 is 1. The Balaban J connectivity index is 2.37. The van der Waals surface area contributed by atoms with Crippen LogP contribution < -0.4 is 16.6 Å². The summed E-state index contributed by atoms with van der Waals surface area (Å²) in [7, 11) is 1.60. The van der Waals surface area contributed by atoms with Crippen molar-refractivity contribution in [3.8, 4) is 0 Å². The fraction of sp³-hybridized carbons (Fsp3) is 0.286. The first-order valence-electron chi connectivity index (χ1n) is 6.31. The first kappa shape index (κ1) is 14.2. The quantitative estimate of drug-likeness (QED) is 0.564. The van der Waals surface area contributed by atoms with E-state index >= 15 is 0 Å². The van der Waals surface area contributed by atoms with Crippen molar-refractivity contribution >= 4 is 22.5 Å². The topological polar surface area (TPSA) is 89.3 Å². The number of nitrogens with one attached hydrogen (secondary N) is 2. The number of hydrazine groups is 1. The van der Waals surface area contributed by atoms with Crippen molar-refractivity contribution in [2.45, 2.75) is 13.0 Å². The smallest absolute Gasteiger partial charge is 0.253 e. The van der Waals surface area contributed by atoms with E-state index in [4.69, 9.17) is 10.6 Å². The lowest BCUT2D eigenvalue weighted by Crippen LogP contribution is -2.35. The number of carbonyl (C=O) groups excluding carboxylic acids is 1. The number of nitrogens with two attached hydrogens (primary N) is 1. The van der Waals surface area contributed by atoms with Crippen LogP contribution in [0.2, 0.25) is 0 Å². The number of hydrogen-bond donors (Lipinski definition) is 3. The second-order valence-corrected chi connectivity index (χ2v) is 4.54. The normalized spacial score (nSPS) is 12.2. The summed E-state index contributed by atoms with van der Waals surface area (Å²) < 4.78 is 5.01. The minimum atomic E-state index is -0.179. The third kappa shape index (κ3) is 2.87. The Labute approximate surface area is 117 Å². The number of benzene rings is 1. The average molecular weight is 274 g/mol. The van der Waals surface area contributed by atoms with Crippen molar-refractivity contribution in [2.75, 3.05) is 19.1 Å². The van der Waals surface area contributed by atoms with Crippen molar-refractivity contribution < 1.29 is 9.53 Å². The monoisotopic (exact) mass is 274 g/mol. The summed E-state index contributed by atoms with van der Waals surface area (Å²) in [5.41, 5.74) is 3.05. The van der Waals surface area contributed by atoms with Crippen LogP contribution in [0.25, 0.3) is 10.8 Å². The standard InChI is InChI=1S/C14H18N4O2/c1-9(8-20-2)17-14(19)12-7-16-13(18-15)11-6-4-3-5-10(11)12/h3-7,9H,8,15H2,1-2H3,(H,16,18)(H,17,19). The molecule has 1 aromatic carbocycles. The zero-order valence-corrected chi connectivity index (χ0v) is 11.5. The van der Waals surface area contributed by atoms with Gasteiger partial charge in [0.1, 0.15) is 5.82 Å². The Hall–Kier alpha value is -2.18. The van der Waals surface area contributed by atoms with Crippen LogP contribution in [0.5, 0.6) is 0 Å². The number of carbonyl (C=O) groups is 1. The lowest BCUT2D eigenvalue weighted by atomic mass is 10.1. The van der Waals surface area contributed by atoms with E-state index in [2.05, 4.69) is 15.7 Å². The number of pyridine rings is 1. The van der Waals surface area contributed by atoms with Crippen LogP contribution in [-0.2, 0) is 4.74 Å². The van der Waals surface area contributed by atoms with Gasteiger partial charge in [-0.2, -0.15) is 0 Å². The highest BCUT2D eigenvalue weighted by Crippen LogP contribution is 2.23. The number of nitrogens with zero attached hydrogens (tertiary/aromatic N) is 1. The van der Waals surface area contributed by atoms with E-state index in [1.165, 1.54) is 6.20 Å². The molecule has 1 aromatic heterocycles. The van der Waals surface area contributed by atoms with Crippen molar-refractivity contribution in [1.82, 2.24) is 10.3 Å². The van der Waals surface area contributed by atoms with Crippen LogP contribution in [0.4, 0.5) is 5.82 Å². The molecule has 20 heavy (non-hydrogen) atoms. The molecule has 6 nitrogen and oxygen atoms in total. The van der Waals surface area contributed by atoms with Crippen molar-refractivity contribution in [3.63, 3.8) is 0 Å². The number of nitrogen functional groups attached to an aromatic ring is 1. The molecule has 6 heteroatoms. The SMILES string of the molecule is COCC(C)NC(=O)c1cnc(NN)c2ccccc12. The summed E-state index contributed by atoms with van der Waals surface area (Å²) in [6, 6.07) is 7.41. The fourth-order valence-electron chi connectivity index (χ4n) is 2.08. The Morgan fingerprint density at radius 3 is 2.75 bits per heavy atom. The molecular weight excluding hydrogens is 256 g/mol. The van der Waals surface area contributed by atoms with Crippen molar-refractivity contribution in [2.24, 2.45) is 5.84 Å². The molecule has 1 atom stereocenters. The number of fused-ring (bicyclic) bond motifs is 1. The molecule has 0 aliphatic heterocycles. The summed E-state index contributed by atoms with van der Waals surface area (Å²) in [6.45, 7) is 2.34. The van der Waals surface area contributed by atoms with E-state index in [0.717, 1.165) is 10.8 Å². The van der Waals surface area contributed by atoms with Gasteiger partial charge < -0.3 is 15.5 Å². The summed E-state index contributed by atoms with van der Waals surface area (Å²) in [5, 5.41) is 4.48. The fourth-order valence-corrected chi connectivity index (χ4v) is 2.08. The molecule has 0 spiro atoms. The number of aromatic nitrogens is 1. The molecule has 0 fully saturated rings. The van der Waals surface area contributed by atoms with E-state index in [-0.39, 0.29) is 11.9 Å². The maximum Gasteiger partial charge on any atom is 0.253 e. The molecule has 4 N–H and O–H groups in total. The first-order valence-corrected chi connectivity index (χ1v) is 6.31. The Kier molecular flexibility index (Phi) is 4.49. The van der Waals surface area contributed by atoms with Crippen LogP contribution in [0, 0.1) is 0 Å². The summed E-state index contributed by atoms with van der Waals surface area (Å²) in [6.07, 6.45) is 1.52. The second kappa shape index (κ2) is 6.31. The van der Waals surface area contributed by atoms with Crippen LogP contribution in [0.15, 0.2) is 30.5 Å². The van der Waals surface area contributed by atoms with Gasteiger partial charge in [0, 0.05) is 24.7 Å². The van der Waals surface area contributed by atoms with Crippen molar-refractivity contribution in [1.29, 1.82) is 0 Å². The molecule has 0 aliphatic rings. The van der Waals surface area contributed by atoms with Gasteiger partial charge >= 0.3 is 0 Å². The maximum atomic E-state index is 12.3. The van der Waals surface area contributed by atoms with E-state index < -0.39 is 0 Å². The Morgan fingerprint density at radius 2 is 2.10 bits per heavy atom. The highest BCUT2D eigenvalue weighted by atomic mass is 16.5. The molecule has 106 valence electrons. The van der Waals surface area contributed by atoms with Gasteiger partial charge in [-0.3, -0.25) is 4.79 Å². The number of hydrogen-bond acceptors (Lipinski definition) is 5. The zero-order valence-electron chi connectivity index (χ0n) is 11.5. The maximum absolute atomic E-state index is 12.3. The molecule has 0 saturated carbocycles. The Bertz CT molecular complexity index is 615. The highest BCUT2D eigenvalue weighted by molar-refractivity contribution is 6.09. The minimum Gasteiger partial charge on any atom is -0.383 e. The van der Waals surface area contributed by atoms with Gasteiger partial charge in [-0.05, 0) is 12.3 Å². The molecule has 0 radical (unpaired) electrons. The molecule has 2 rings (SSSR count). The van der Waals surface area contributed by atoms with E-state index in [1.54, 1.807) is 7.11 Å². The van der Waals surface area contributed by atoms with Gasteiger partial charge in [0.2, 0.25) is 0 Å². The number of amides is 1. The van der Waals surface area contributed by atoms with E-state index in [1.807, 2.05) is 31.2 Å². The third-order valence-electron chi connectivity index (χ3n) is 2.97. The number of rotatable bonds is 5. The predicted molar refractivity (Wildman–Crippen MR) is 78.4 cm³/mol. The van der Waals surface area contributed by atoms with E-state index in [9.17, 15) is 4.79 Å². The highest BCUT2D eigenvalue weighted by Gasteiger charge is 2.14. The minimum absolute atomic E-state index is 0.0708. The van der Waals surface area contributed by atoms with Crippen molar-refractivity contribution in [3.05, 3.63) is 36.0 Å². The second-order valence-electron chi connectivity index (χ2n) is 4.54. The zero-order chi connectivity index (χ0) is 14.5. The van der Waals surface area contributed by atoms with Crippen LogP contribution in [0.3, 0.4) is 0 Å². The van der Waals surface area contributed by atoms with Gasteiger partial charge in [-0.25, -0.2) is 10.8 Å². The van der Waals surface area contributed by atoms with Crippen LogP contribution >= 0.6 is 0 Å². The average Bonchev–Trinajstić information content (AvgIpc) is 2.46. The van der Waals surface area contributed by atoms with Crippen LogP contribution in [0.1, 0.15) is 17.3 Å². The van der Waals surface area contributed by atoms with Gasteiger partial charge in [0.15, 0.2) is 0 Å². The van der Waals surface area contributed by atoms with Gasteiger partial charge in [-0.15, -0.1) is 0 Å². The predicted octanol–water partition coefficient (Wildman–Crippen LogP) is 1.29. The molecule has 0 aliphatic carbocycles. The third-order valence-corrected chi connectivity index (χ3v) is 2.97. The molecule has 1 heterocycles. The number of anilines is 1. The number of ether oxygens (including phenoxy) is 1. The van der Waals surface area contributed by atoms with Gasteiger partial charge in [0.05, 0.1) is 12.2 Å². The first-order chi connectivity index (χ1) is 9.67.